The molecule has 1 saturated heterocycles. The molecule has 5 nitrogen and oxygen atoms in total. The molecule has 1 aliphatic heterocycles. The van der Waals surface area contributed by atoms with E-state index >= 15 is 0 Å². The molecule has 0 bridgehead atoms. The van der Waals surface area contributed by atoms with E-state index in [2.05, 4.69) is 40.3 Å². The Labute approximate surface area is 210 Å². The van der Waals surface area contributed by atoms with Gasteiger partial charge in [0.1, 0.15) is 16.3 Å². The number of hydrogen-bond donors (Lipinski definition) is 1. The van der Waals surface area contributed by atoms with Gasteiger partial charge in [-0.3, -0.25) is 4.79 Å². The fourth-order valence-corrected chi connectivity index (χ4v) is 6.57. The first-order valence-corrected chi connectivity index (χ1v) is 13.3. The van der Waals surface area contributed by atoms with Gasteiger partial charge in [0.25, 0.3) is 0 Å². The number of nitrogens with zero attached hydrogens (tertiary/aromatic N) is 3. The Morgan fingerprint density at radius 2 is 1.80 bits per heavy atom. The Balaban J connectivity index is 1.08. The van der Waals surface area contributed by atoms with Crippen molar-refractivity contribution < 1.29 is 9.18 Å². The Hall–Kier alpha value is -3.36. The zero-order chi connectivity index (χ0) is 23.9. The molecule has 1 fully saturated rings. The summed E-state index contributed by atoms with van der Waals surface area (Å²) in [6.45, 7) is 3.55. The SMILES string of the molecule is Cc1ccc2nc(-c3ccc(NC(=O)C4CCN(c5nc6c(F)cccc6s5)CC4)cc3)sc2c1. The Morgan fingerprint density at radius 1 is 1.00 bits per heavy atom. The molecule has 5 aromatic rings. The first kappa shape index (κ1) is 22.1. The lowest BCUT2D eigenvalue weighted by Crippen LogP contribution is -2.38. The van der Waals surface area contributed by atoms with E-state index in [0.29, 0.717) is 5.52 Å². The number of hydrogen-bond acceptors (Lipinski definition) is 6. The minimum atomic E-state index is -0.288. The van der Waals surface area contributed by atoms with Gasteiger partial charge in [-0.25, -0.2) is 14.4 Å². The van der Waals surface area contributed by atoms with Crippen LogP contribution in [0.2, 0.25) is 0 Å². The van der Waals surface area contributed by atoms with Crippen LogP contribution in [0.25, 0.3) is 31.0 Å². The van der Waals surface area contributed by atoms with E-state index in [9.17, 15) is 9.18 Å². The van der Waals surface area contributed by atoms with Crippen molar-refractivity contribution in [3.8, 4) is 10.6 Å². The van der Waals surface area contributed by atoms with Gasteiger partial charge in [0.05, 0.1) is 14.9 Å². The largest absolute Gasteiger partial charge is 0.348 e. The summed E-state index contributed by atoms with van der Waals surface area (Å²) in [5.74, 6) is -0.295. The van der Waals surface area contributed by atoms with Gasteiger partial charge in [-0.05, 0) is 73.9 Å². The quantitative estimate of drug-likeness (QED) is 0.291. The van der Waals surface area contributed by atoms with Crippen LogP contribution in [0, 0.1) is 18.7 Å². The molecule has 0 aliphatic carbocycles. The van der Waals surface area contributed by atoms with Gasteiger partial charge in [0, 0.05) is 30.3 Å². The summed E-state index contributed by atoms with van der Waals surface area (Å²) in [7, 11) is 0. The summed E-state index contributed by atoms with van der Waals surface area (Å²) >= 11 is 3.18. The first-order valence-electron chi connectivity index (χ1n) is 11.6. The van der Waals surface area contributed by atoms with E-state index in [1.165, 1.54) is 27.7 Å². The van der Waals surface area contributed by atoms with Crippen molar-refractivity contribution in [1.82, 2.24) is 9.97 Å². The van der Waals surface area contributed by atoms with Crippen LogP contribution in [0.4, 0.5) is 15.2 Å². The highest BCUT2D eigenvalue weighted by Gasteiger charge is 2.27. The second-order valence-electron chi connectivity index (χ2n) is 8.90. The zero-order valence-corrected chi connectivity index (χ0v) is 20.8. The van der Waals surface area contributed by atoms with Gasteiger partial charge in [-0.1, -0.05) is 23.5 Å². The first-order chi connectivity index (χ1) is 17.0. The highest BCUT2D eigenvalue weighted by atomic mass is 32.1. The third-order valence-corrected chi connectivity index (χ3v) is 8.59. The average molecular weight is 503 g/mol. The summed E-state index contributed by atoms with van der Waals surface area (Å²) in [5, 5.41) is 4.87. The molecular formula is C27H23FN4OS2. The zero-order valence-electron chi connectivity index (χ0n) is 19.1. The number of rotatable bonds is 4. The van der Waals surface area contributed by atoms with E-state index in [1.54, 1.807) is 17.4 Å². The molecule has 176 valence electrons. The molecule has 1 N–H and O–H groups in total. The van der Waals surface area contributed by atoms with Gasteiger partial charge >= 0.3 is 0 Å². The van der Waals surface area contributed by atoms with Crippen LogP contribution < -0.4 is 10.2 Å². The Kier molecular flexibility index (Phi) is 5.70. The lowest BCUT2D eigenvalue weighted by atomic mass is 9.96. The third kappa shape index (κ3) is 4.39. The molecule has 35 heavy (non-hydrogen) atoms. The molecule has 0 atom stereocenters. The van der Waals surface area contributed by atoms with Crippen LogP contribution in [-0.4, -0.2) is 29.0 Å². The van der Waals surface area contributed by atoms with Crippen LogP contribution in [0.5, 0.6) is 0 Å². The predicted molar refractivity (Wildman–Crippen MR) is 143 cm³/mol. The third-order valence-electron chi connectivity index (χ3n) is 6.44. The maximum Gasteiger partial charge on any atom is 0.227 e. The van der Waals surface area contributed by atoms with Crippen molar-refractivity contribution in [2.75, 3.05) is 23.3 Å². The monoisotopic (exact) mass is 502 g/mol. The maximum atomic E-state index is 14.0. The normalized spacial score (nSPS) is 14.6. The number of carbonyl (C=O) groups excluding carboxylic acids is 1. The Bertz CT molecular complexity index is 1530. The highest BCUT2D eigenvalue weighted by molar-refractivity contribution is 7.22. The van der Waals surface area contributed by atoms with E-state index in [4.69, 9.17) is 4.98 Å². The van der Waals surface area contributed by atoms with Crippen molar-refractivity contribution >= 4 is 59.8 Å². The van der Waals surface area contributed by atoms with Gasteiger partial charge < -0.3 is 10.2 Å². The van der Waals surface area contributed by atoms with E-state index in [1.807, 2.05) is 30.3 Å². The van der Waals surface area contributed by atoms with Gasteiger partial charge in [0.2, 0.25) is 5.91 Å². The fourth-order valence-electron chi connectivity index (χ4n) is 4.47. The molecule has 2 aromatic heterocycles. The number of aromatic nitrogens is 2. The molecular weight excluding hydrogens is 479 g/mol. The number of anilines is 2. The second kappa shape index (κ2) is 9.02. The van der Waals surface area contributed by atoms with Crippen LogP contribution in [0.1, 0.15) is 18.4 Å². The van der Waals surface area contributed by atoms with Gasteiger partial charge in [0.15, 0.2) is 5.13 Å². The summed E-state index contributed by atoms with van der Waals surface area (Å²) in [5.41, 5.74) is 4.50. The molecule has 1 aliphatic rings. The number of piperidine rings is 1. The number of carbonyl (C=O) groups is 1. The van der Waals surface area contributed by atoms with Gasteiger partial charge in [-0.15, -0.1) is 11.3 Å². The molecule has 0 unspecified atom stereocenters. The van der Waals surface area contributed by atoms with Crippen LogP contribution in [-0.2, 0) is 4.79 Å². The highest BCUT2D eigenvalue weighted by Crippen LogP contribution is 2.34. The molecule has 3 aromatic carbocycles. The van der Waals surface area contributed by atoms with Crippen molar-refractivity contribution in [2.45, 2.75) is 19.8 Å². The van der Waals surface area contributed by atoms with E-state index in [-0.39, 0.29) is 17.6 Å². The van der Waals surface area contributed by atoms with Gasteiger partial charge in [-0.2, -0.15) is 0 Å². The van der Waals surface area contributed by atoms with Crippen molar-refractivity contribution in [3.05, 3.63) is 72.0 Å². The summed E-state index contributed by atoms with van der Waals surface area (Å²) < 4.78 is 16.0. The number of amides is 1. The summed E-state index contributed by atoms with van der Waals surface area (Å²) in [6.07, 6.45) is 1.49. The molecule has 6 rings (SSSR count). The number of thiazole rings is 2. The van der Waals surface area contributed by atoms with Crippen LogP contribution in [0.3, 0.4) is 0 Å². The number of benzene rings is 3. The Morgan fingerprint density at radius 3 is 2.57 bits per heavy atom. The van der Waals surface area contributed by atoms with Crippen LogP contribution >= 0.6 is 22.7 Å². The second-order valence-corrected chi connectivity index (χ2v) is 10.9. The predicted octanol–water partition coefficient (Wildman–Crippen LogP) is 6.88. The minimum absolute atomic E-state index is 0.0446. The molecule has 0 saturated carbocycles. The topological polar surface area (TPSA) is 58.1 Å². The van der Waals surface area contributed by atoms with Crippen LogP contribution in [0.15, 0.2) is 60.7 Å². The van der Waals surface area contributed by atoms with Crippen molar-refractivity contribution in [2.24, 2.45) is 5.92 Å². The number of halogens is 1. The average Bonchev–Trinajstić information content (AvgIpc) is 3.50. The van der Waals surface area contributed by atoms with E-state index in [0.717, 1.165) is 57.5 Å². The molecule has 0 spiro atoms. The van der Waals surface area contributed by atoms with E-state index < -0.39 is 0 Å². The molecule has 0 radical (unpaired) electrons. The molecule has 8 heteroatoms. The summed E-state index contributed by atoms with van der Waals surface area (Å²) in [4.78, 5) is 24.3. The minimum Gasteiger partial charge on any atom is -0.348 e. The van der Waals surface area contributed by atoms with Crippen molar-refractivity contribution in [1.29, 1.82) is 0 Å². The maximum absolute atomic E-state index is 14.0. The molecule has 1 amide bonds. The number of aryl methyl sites for hydroxylation is 1. The number of para-hydroxylation sites is 1. The lowest BCUT2D eigenvalue weighted by molar-refractivity contribution is -0.120. The summed E-state index contributed by atoms with van der Waals surface area (Å²) in [6, 6.07) is 19.2. The number of nitrogens with one attached hydrogen (secondary N) is 1. The molecule has 3 heterocycles. The lowest BCUT2D eigenvalue weighted by Gasteiger charge is -2.31. The fraction of sp³-hybridized carbons (Fsp3) is 0.222. The number of fused-ring (bicyclic) bond motifs is 2. The smallest absolute Gasteiger partial charge is 0.227 e. The van der Waals surface area contributed by atoms with Crippen molar-refractivity contribution in [3.63, 3.8) is 0 Å². The standard InChI is InChI=1S/C27H23FN4OS2/c1-16-5-10-21-23(15-16)34-26(30-21)18-6-8-19(9-7-18)29-25(33)17-11-13-32(14-12-17)27-31-24-20(28)3-2-4-22(24)35-27/h2-10,15,17H,11-14H2,1H3,(H,29,33).